The van der Waals surface area contributed by atoms with Crippen LogP contribution in [-0.4, -0.2) is 33.8 Å². The van der Waals surface area contributed by atoms with Crippen molar-refractivity contribution >= 4 is 40.2 Å². The van der Waals surface area contributed by atoms with Crippen molar-refractivity contribution in [1.29, 1.82) is 0 Å². The van der Waals surface area contributed by atoms with E-state index in [1.807, 2.05) is 13.8 Å². The van der Waals surface area contributed by atoms with Crippen molar-refractivity contribution in [2.75, 3.05) is 12.4 Å². The third-order valence-corrected chi connectivity index (χ3v) is 6.12. The number of rotatable bonds is 7. The quantitative estimate of drug-likeness (QED) is 0.276. The van der Waals surface area contributed by atoms with E-state index < -0.39 is 28.9 Å². The van der Waals surface area contributed by atoms with E-state index in [2.05, 4.69) is 10.3 Å². The molecule has 3 rings (SSSR count). The zero-order valence-electron chi connectivity index (χ0n) is 19.5. The summed E-state index contributed by atoms with van der Waals surface area (Å²) in [5.74, 6) is -1.20. The molecule has 1 amide bonds. The molecule has 0 aliphatic carbocycles. The van der Waals surface area contributed by atoms with Crippen molar-refractivity contribution in [3.8, 4) is 0 Å². The van der Waals surface area contributed by atoms with Gasteiger partial charge in [-0.15, -0.1) is 0 Å². The fourth-order valence-electron chi connectivity index (χ4n) is 3.35. The van der Waals surface area contributed by atoms with Crippen molar-refractivity contribution in [2.24, 2.45) is 5.92 Å². The van der Waals surface area contributed by atoms with Crippen LogP contribution in [0.3, 0.4) is 0 Å². The molecule has 0 saturated carbocycles. The highest BCUT2D eigenvalue weighted by Gasteiger charge is 2.34. The second-order valence-electron chi connectivity index (χ2n) is 8.22. The average Bonchev–Trinajstić information content (AvgIpc) is 2.80. The number of hydrogen-bond donors (Lipinski definition) is 1. The van der Waals surface area contributed by atoms with Gasteiger partial charge >= 0.3 is 12.1 Å². The minimum Gasteiger partial charge on any atom is -0.465 e. The van der Waals surface area contributed by atoms with Crippen LogP contribution in [0.5, 0.6) is 0 Å². The number of carbonyl (C=O) groups excluding carboxylic acids is 2. The van der Waals surface area contributed by atoms with E-state index in [-0.39, 0.29) is 33.4 Å². The zero-order valence-corrected chi connectivity index (χ0v) is 20.3. The van der Waals surface area contributed by atoms with E-state index in [0.717, 1.165) is 17.8 Å². The summed E-state index contributed by atoms with van der Waals surface area (Å²) in [6, 6.07) is 9.09. The first kappa shape index (κ1) is 26.3. The summed E-state index contributed by atoms with van der Waals surface area (Å²) >= 11 is 0.944. The molecule has 1 atom stereocenters. The number of halogens is 3. The minimum absolute atomic E-state index is 0.0726. The number of ether oxygens (including phenoxy) is 1. The van der Waals surface area contributed by atoms with Gasteiger partial charge in [0.05, 0.1) is 40.1 Å². The van der Waals surface area contributed by atoms with Crippen LogP contribution in [0.4, 0.5) is 18.9 Å². The highest BCUT2D eigenvalue weighted by atomic mass is 32.2. The monoisotopic (exact) mass is 507 g/mol. The molecule has 0 saturated heterocycles. The Labute approximate surface area is 203 Å². The maximum Gasteiger partial charge on any atom is 0.418 e. The highest BCUT2D eigenvalue weighted by molar-refractivity contribution is 8.00. The molecule has 7 nitrogen and oxygen atoms in total. The molecule has 3 aromatic rings. The number of carbonyl (C=O) groups is 2. The van der Waals surface area contributed by atoms with Gasteiger partial charge in [0.15, 0.2) is 5.16 Å². The fraction of sp³-hybridized carbons (Fsp3) is 0.333. The SMILES string of the molecule is COC(=O)c1ccc2c(=O)n(CC(C)C)c(S[C@H](C)C(=O)Nc3ccccc3C(F)(F)F)nc2c1. The number of thioether (sulfide) groups is 1. The van der Waals surface area contributed by atoms with Gasteiger partial charge in [-0.05, 0) is 43.2 Å². The number of nitrogens with one attached hydrogen (secondary N) is 1. The van der Waals surface area contributed by atoms with E-state index in [9.17, 15) is 27.6 Å². The lowest BCUT2D eigenvalue weighted by Gasteiger charge is -2.19. The van der Waals surface area contributed by atoms with E-state index in [1.54, 1.807) is 0 Å². The topological polar surface area (TPSA) is 90.3 Å². The van der Waals surface area contributed by atoms with Gasteiger partial charge in [-0.25, -0.2) is 9.78 Å². The Balaban J connectivity index is 1.97. The van der Waals surface area contributed by atoms with Crippen LogP contribution in [0.1, 0.15) is 36.7 Å². The van der Waals surface area contributed by atoms with Crippen LogP contribution in [0.25, 0.3) is 10.9 Å². The molecule has 0 aliphatic rings. The summed E-state index contributed by atoms with van der Waals surface area (Å²) in [5.41, 5.74) is -1.21. The normalized spacial score (nSPS) is 12.6. The van der Waals surface area contributed by atoms with Crippen LogP contribution in [-0.2, 0) is 22.3 Å². The summed E-state index contributed by atoms with van der Waals surface area (Å²) in [6.45, 7) is 5.65. The van der Waals surface area contributed by atoms with E-state index in [1.165, 1.54) is 55.0 Å². The van der Waals surface area contributed by atoms with Gasteiger partial charge < -0.3 is 10.1 Å². The first-order chi connectivity index (χ1) is 16.4. The number of aromatic nitrogens is 2. The number of amides is 1. The molecule has 186 valence electrons. The maximum atomic E-state index is 13.3. The summed E-state index contributed by atoms with van der Waals surface area (Å²) in [7, 11) is 1.24. The van der Waals surface area contributed by atoms with Crippen molar-refractivity contribution in [1.82, 2.24) is 9.55 Å². The minimum atomic E-state index is -4.63. The highest BCUT2D eigenvalue weighted by Crippen LogP contribution is 2.35. The number of hydrogen-bond acceptors (Lipinski definition) is 6. The van der Waals surface area contributed by atoms with Gasteiger partial charge in [-0.3, -0.25) is 14.2 Å². The lowest BCUT2D eigenvalue weighted by atomic mass is 10.1. The van der Waals surface area contributed by atoms with Gasteiger partial charge in [0, 0.05) is 6.54 Å². The lowest BCUT2D eigenvalue weighted by Crippen LogP contribution is -2.28. The van der Waals surface area contributed by atoms with Crippen molar-refractivity contribution in [3.05, 3.63) is 63.9 Å². The molecule has 0 unspecified atom stereocenters. The molecule has 0 spiro atoms. The Bertz CT molecular complexity index is 1320. The number of para-hydroxylation sites is 1. The third kappa shape index (κ3) is 6.02. The maximum absolute atomic E-state index is 13.3. The first-order valence-corrected chi connectivity index (χ1v) is 11.6. The molecule has 0 fully saturated rings. The van der Waals surface area contributed by atoms with Crippen molar-refractivity contribution in [3.63, 3.8) is 0 Å². The molecule has 0 aliphatic heterocycles. The predicted octanol–water partition coefficient (Wildman–Crippen LogP) is 4.98. The second-order valence-corrected chi connectivity index (χ2v) is 9.53. The van der Waals surface area contributed by atoms with Crippen LogP contribution >= 0.6 is 11.8 Å². The second kappa shape index (κ2) is 10.5. The van der Waals surface area contributed by atoms with Gasteiger partial charge in [-0.2, -0.15) is 13.2 Å². The van der Waals surface area contributed by atoms with E-state index in [0.29, 0.717) is 11.9 Å². The summed E-state index contributed by atoms with van der Waals surface area (Å²) < 4.78 is 46.0. The zero-order chi connectivity index (χ0) is 25.9. The standard InChI is InChI=1S/C24H24F3N3O4S/c1-13(2)12-30-21(32)16-10-9-15(22(33)34-4)11-19(16)29-23(30)35-14(3)20(31)28-18-8-6-5-7-17(18)24(25,26)27/h5-11,13-14H,12H2,1-4H3,(H,28,31)/t14-/m1/s1. The number of alkyl halides is 3. The van der Waals surface area contributed by atoms with E-state index in [4.69, 9.17) is 4.74 Å². The third-order valence-electron chi connectivity index (χ3n) is 5.03. The number of fused-ring (bicyclic) bond motifs is 1. The van der Waals surface area contributed by atoms with Gasteiger partial charge in [-0.1, -0.05) is 37.7 Å². The summed E-state index contributed by atoms with van der Waals surface area (Å²) in [5, 5.41) is 1.94. The number of anilines is 1. The van der Waals surface area contributed by atoms with Crippen molar-refractivity contribution in [2.45, 2.75) is 43.9 Å². The molecule has 35 heavy (non-hydrogen) atoms. The molecule has 1 aromatic heterocycles. The lowest BCUT2D eigenvalue weighted by molar-refractivity contribution is -0.137. The Hall–Kier alpha value is -3.34. The number of methoxy groups -OCH3 is 1. The van der Waals surface area contributed by atoms with Crippen LogP contribution in [0.2, 0.25) is 0 Å². The summed E-state index contributed by atoms with van der Waals surface area (Å²) in [6.07, 6.45) is -4.63. The Morgan fingerprint density at radius 1 is 1.14 bits per heavy atom. The van der Waals surface area contributed by atoms with Crippen LogP contribution < -0.4 is 10.9 Å². The smallest absolute Gasteiger partial charge is 0.418 e. The molecule has 0 radical (unpaired) electrons. The number of benzene rings is 2. The number of esters is 1. The largest absolute Gasteiger partial charge is 0.465 e. The molecule has 1 N–H and O–H groups in total. The predicted molar refractivity (Wildman–Crippen MR) is 128 cm³/mol. The van der Waals surface area contributed by atoms with E-state index >= 15 is 0 Å². The Kier molecular flexibility index (Phi) is 7.89. The first-order valence-electron chi connectivity index (χ1n) is 10.7. The Morgan fingerprint density at radius 2 is 1.83 bits per heavy atom. The Morgan fingerprint density at radius 3 is 2.46 bits per heavy atom. The molecule has 11 heteroatoms. The van der Waals surface area contributed by atoms with Gasteiger partial charge in [0.1, 0.15) is 0 Å². The average molecular weight is 508 g/mol. The van der Waals surface area contributed by atoms with Gasteiger partial charge in [0.2, 0.25) is 5.91 Å². The van der Waals surface area contributed by atoms with Crippen LogP contribution in [0, 0.1) is 5.92 Å². The van der Waals surface area contributed by atoms with Gasteiger partial charge in [0.25, 0.3) is 5.56 Å². The molecular formula is C24H24F3N3O4S. The molecule has 1 heterocycles. The fourth-order valence-corrected chi connectivity index (χ4v) is 4.26. The molecular weight excluding hydrogens is 483 g/mol. The van der Waals surface area contributed by atoms with Crippen LogP contribution in [0.15, 0.2) is 52.4 Å². The summed E-state index contributed by atoms with van der Waals surface area (Å²) in [4.78, 5) is 42.4. The number of nitrogens with zero attached hydrogens (tertiary/aromatic N) is 2. The van der Waals surface area contributed by atoms with Crippen molar-refractivity contribution < 1.29 is 27.5 Å². The molecule has 0 bridgehead atoms. The molecule has 2 aromatic carbocycles.